The van der Waals surface area contributed by atoms with Crippen LogP contribution in [0.3, 0.4) is 0 Å². The van der Waals surface area contributed by atoms with Gasteiger partial charge in [-0.3, -0.25) is 0 Å². The number of rotatable bonds is 3. The van der Waals surface area contributed by atoms with E-state index in [0.717, 1.165) is 40.5 Å². The molecule has 0 radical (unpaired) electrons. The lowest BCUT2D eigenvalue weighted by Crippen LogP contribution is -2.88. The molecule has 194 valence electrons. The van der Waals surface area contributed by atoms with E-state index in [4.69, 9.17) is 9.72 Å². The Balaban J connectivity index is 1.49. The summed E-state index contributed by atoms with van der Waals surface area (Å²) in [4.78, 5) is 6.30. The number of aliphatic hydroxyl groups excluding tert-OH is 2. The number of anilines is 1. The molecule has 5 fully saturated rings. The van der Waals surface area contributed by atoms with Crippen LogP contribution in [-0.4, -0.2) is 61.7 Å². The highest BCUT2D eigenvalue weighted by Gasteiger charge is 2.82. The predicted molar refractivity (Wildman–Crippen MR) is 134 cm³/mol. The van der Waals surface area contributed by atoms with Crippen molar-refractivity contribution >= 4 is 16.5 Å². The summed E-state index contributed by atoms with van der Waals surface area (Å²) in [5.74, 6) is -3.47. The average Bonchev–Trinajstić information content (AvgIpc) is 3.19. The maximum atomic E-state index is 12.2. The van der Waals surface area contributed by atoms with Crippen LogP contribution in [0.2, 0.25) is 0 Å². The number of hydrogen-bond acceptors (Lipinski definition) is 8. The molecule has 8 heteroatoms. The number of ether oxygens (including phenoxy) is 1. The van der Waals surface area contributed by atoms with E-state index in [-0.39, 0.29) is 23.9 Å². The van der Waals surface area contributed by atoms with Gasteiger partial charge in [0.05, 0.1) is 18.4 Å². The monoisotopic (exact) mass is 504 g/mol. The largest absolute Gasteiger partial charge is 0.389 e. The first-order chi connectivity index (χ1) is 16.5. The summed E-state index contributed by atoms with van der Waals surface area (Å²) >= 11 is 1.68. The van der Waals surface area contributed by atoms with Crippen molar-refractivity contribution in [3.8, 4) is 0 Å². The maximum Gasteiger partial charge on any atom is 0.225 e. The van der Waals surface area contributed by atoms with E-state index >= 15 is 0 Å². The zero-order chi connectivity index (χ0) is 25.0. The minimum absolute atomic E-state index is 0.172. The summed E-state index contributed by atoms with van der Waals surface area (Å²) in [5.41, 5.74) is -1.52. The standard InChI is InChI=1S/C27H40N2O5S/c1-14(2)16-10-11-18-25-13-34-27(33,26(18,32)21(16)30)22(31)19(25)24(3,4)12-17-20(25)29-23(35-17)28-15-8-6-5-7-9-15/h15-16,18-19,21-22,30-33H,1,5-13H2,2-4H3,(H,28,29)/t16-,18-,19+,21+,22-,25-,26-,27-/m0/s1. The fraction of sp³-hybridized carbons (Fsp3) is 0.815. The fourth-order valence-electron chi connectivity index (χ4n) is 8.79. The van der Waals surface area contributed by atoms with Crippen molar-refractivity contribution in [2.24, 2.45) is 23.2 Å². The molecule has 1 spiro atoms. The van der Waals surface area contributed by atoms with Gasteiger partial charge in [0.25, 0.3) is 0 Å². The van der Waals surface area contributed by atoms with Crippen molar-refractivity contribution in [3.63, 3.8) is 0 Å². The van der Waals surface area contributed by atoms with E-state index in [1.807, 2.05) is 6.92 Å². The van der Waals surface area contributed by atoms with Crippen molar-refractivity contribution in [2.75, 3.05) is 11.9 Å². The van der Waals surface area contributed by atoms with Gasteiger partial charge in [-0.1, -0.05) is 45.3 Å². The Bertz CT molecular complexity index is 1040. The highest BCUT2D eigenvalue weighted by atomic mass is 32.1. The molecule has 8 atom stereocenters. The molecule has 1 aromatic rings. The summed E-state index contributed by atoms with van der Waals surface area (Å²) in [7, 11) is 0. The first-order valence-electron chi connectivity index (χ1n) is 13.3. The van der Waals surface area contributed by atoms with Gasteiger partial charge >= 0.3 is 0 Å². The summed E-state index contributed by atoms with van der Waals surface area (Å²) in [6.45, 7) is 10.3. The molecule has 6 aliphatic rings. The van der Waals surface area contributed by atoms with E-state index in [0.29, 0.717) is 18.9 Å². The van der Waals surface area contributed by atoms with E-state index in [1.54, 1.807) is 11.3 Å². The van der Waals surface area contributed by atoms with Crippen LogP contribution < -0.4 is 5.32 Å². The molecule has 0 unspecified atom stereocenters. The van der Waals surface area contributed by atoms with Crippen molar-refractivity contribution < 1.29 is 25.2 Å². The molecule has 7 nitrogen and oxygen atoms in total. The lowest BCUT2D eigenvalue weighted by atomic mass is 9.38. The molecule has 1 aromatic heterocycles. The van der Waals surface area contributed by atoms with Crippen molar-refractivity contribution in [1.82, 2.24) is 4.98 Å². The Kier molecular flexibility index (Phi) is 5.38. The molecule has 0 aromatic carbocycles. The van der Waals surface area contributed by atoms with Crippen LogP contribution in [0.5, 0.6) is 0 Å². The summed E-state index contributed by atoms with van der Waals surface area (Å²) < 4.78 is 6.03. The smallest absolute Gasteiger partial charge is 0.225 e. The quantitative estimate of drug-likeness (QED) is 0.402. The maximum absolute atomic E-state index is 12.2. The van der Waals surface area contributed by atoms with Crippen LogP contribution in [0.4, 0.5) is 5.13 Å². The summed E-state index contributed by atoms with van der Waals surface area (Å²) in [6.07, 6.45) is 5.42. The Morgan fingerprint density at radius 3 is 2.49 bits per heavy atom. The second kappa shape index (κ2) is 7.74. The topological polar surface area (TPSA) is 115 Å². The van der Waals surface area contributed by atoms with Crippen LogP contribution in [0, 0.1) is 23.2 Å². The summed E-state index contributed by atoms with van der Waals surface area (Å²) in [6, 6.07) is 0.423. The minimum atomic E-state index is -2.24. The Hall–Kier alpha value is -1.03. The third-order valence-electron chi connectivity index (χ3n) is 10.3. The lowest BCUT2D eigenvalue weighted by molar-refractivity contribution is -0.459. The minimum Gasteiger partial charge on any atom is -0.389 e. The molecule has 0 amide bonds. The third-order valence-corrected chi connectivity index (χ3v) is 11.3. The van der Waals surface area contributed by atoms with Gasteiger partial charge in [-0.25, -0.2) is 4.98 Å². The lowest BCUT2D eigenvalue weighted by Gasteiger charge is -2.73. The molecule has 2 aliphatic heterocycles. The fourth-order valence-corrected chi connectivity index (χ4v) is 10.2. The zero-order valence-corrected chi connectivity index (χ0v) is 21.9. The number of thiazole rings is 1. The first-order valence-corrected chi connectivity index (χ1v) is 14.2. The van der Waals surface area contributed by atoms with E-state index in [1.165, 1.54) is 19.3 Å². The van der Waals surface area contributed by atoms with E-state index in [9.17, 15) is 20.4 Å². The summed E-state index contributed by atoms with van der Waals surface area (Å²) in [5, 5.41) is 51.8. The van der Waals surface area contributed by atoms with Gasteiger partial charge in [0.1, 0.15) is 6.10 Å². The molecule has 2 bridgehead atoms. The highest BCUT2D eigenvalue weighted by molar-refractivity contribution is 7.15. The van der Waals surface area contributed by atoms with Crippen molar-refractivity contribution in [1.29, 1.82) is 0 Å². The number of aromatic nitrogens is 1. The second-order valence-electron chi connectivity index (χ2n) is 12.7. The molecular weight excluding hydrogens is 464 g/mol. The normalized spacial score (nSPS) is 46.4. The first kappa shape index (κ1) is 24.3. The van der Waals surface area contributed by atoms with Gasteiger partial charge in [-0.2, -0.15) is 0 Å². The van der Waals surface area contributed by atoms with Crippen molar-refractivity contribution in [3.05, 3.63) is 22.7 Å². The molecule has 3 heterocycles. The van der Waals surface area contributed by atoms with Crippen LogP contribution in [0.1, 0.15) is 76.3 Å². The van der Waals surface area contributed by atoms with Crippen LogP contribution in [0.25, 0.3) is 0 Å². The average molecular weight is 505 g/mol. The molecule has 4 aliphatic carbocycles. The van der Waals surface area contributed by atoms with E-state index in [2.05, 4.69) is 25.7 Å². The van der Waals surface area contributed by atoms with Gasteiger partial charge in [0.15, 0.2) is 10.7 Å². The number of hydrogen-bond donors (Lipinski definition) is 5. The van der Waals surface area contributed by atoms with Crippen LogP contribution >= 0.6 is 11.3 Å². The molecule has 35 heavy (non-hydrogen) atoms. The number of fused-ring (bicyclic) bond motifs is 2. The SMILES string of the molecule is C=C(C)[C@@H]1CC[C@H]2[C@@]34CO[C@@](O)([C@@H](O)[C@@H]3C(C)(C)Cc3sc(NC5CCCCC5)nc34)[C@@]2(O)[C@@H]1O. The number of nitrogens with zero attached hydrogens (tertiary/aromatic N) is 1. The zero-order valence-electron chi connectivity index (χ0n) is 21.1. The molecule has 2 saturated heterocycles. The Morgan fingerprint density at radius 2 is 1.80 bits per heavy atom. The Morgan fingerprint density at radius 1 is 1.09 bits per heavy atom. The second-order valence-corrected chi connectivity index (χ2v) is 13.8. The van der Waals surface area contributed by atoms with Gasteiger partial charge in [0.2, 0.25) is 5.79 Å². The molecule has 5 N–H and O–H groups in total. The van der Waals surface area contributed by atoms with E-state index < -0.39 is 34.9 Å². The van der Waals surface area contributed by atoms with Crippen molar-refractivity contribution in [2.45, 2.75) is 107 Å². The van der Waals surface area contributed by atoms with Gasteiger partial charge in [0, 0.05) is 34.1 Å². The van der Waals surface area contributed by atoms with Gasteiger partial charge < -0.3 is 30.5 Å². The molecular formula is C27H40N2O5S. The number of nitrogens with one attached hydrogen (secondary N) is 1. The van der Waals surface area contributed by atoms with Gasteiger partial charge in [-0.05, 0) is 44.4 Å². The van der Waals surface area contributed by atoms with Crippen LogP contribution in [-0.2, 0) is 16.6 Å². The van der Waals surface area contributed by atoms with Crippen LogP contribution in [0.15, 0.2) is 12.2 Å². The third kappa shape index (κ3) is 2.98. The Labute approximate surface area is 211 Å². The molecule has 7 rings (SSSR count). The predicted octanol–water partition coefficient (Wildman–Crippen LogP) is 3.11. The highest BCUT2D eigenvalue weighted by Crippen LogP contribution is 2.70. The van der Waals surface area contributed by atoms with Gasteiger partial charge in [-0.15, -0.1) is 11.3 Å². The molecule has 3 saturated carbocycles. The number of aliphatic hydroxyl groups is 4.